The smallest absolute Gasteiger partial charge is 0.179 e. The minimum Gasteiger partial charge on any atom is -0.355 e. The minimum atomic E-state index is -2.55. The Morgan fingerprint density at radius 1 is 0.342 bits per heavy atom. The second-order valence-electron chi connectivity index (χ2n) is 9.86. The van der Waals surface area contributed by atoms with Crippen LogP contribution in [0.25, 0.3) is 32.9 Å². The number of fused-ring (bicyclic) bond motifs is 3. The second-order valence-corrected chi connectivity index (χ2v) is 13.7. The lowest BCUT2D eigenvalue weighted by Crippen LogP contribution is -2.74. The summed E-state index contributed by atoms with van der Waals surface area (Å²) in [4.78, 5) is 3.56. The lowest BCUT2D eigenvalue weighted by molar-refractivity contribution is 1.54. The molecule has 180 valence electrons. The highest BCUT2D eigenvalue weighted by Crippen LogP contribution is 2.30. The van der Waals surface area contributed by atoms with E-state index in [1.165, 1.54) is 53.7 Å². The molecule has 1 heterocycles. The van der Waals surface area contributed by atoms with Gasteiger partial charge in [0.2, 0.25) is 0 Å². The number of nitrogens with one attached hydrogen (secondary N) is 1. The van der Waals surface area contributed by atoms with Crippen molar-refractivity contribution in [2.75, 3.05) is 0 Å². The second kappa shape index (κ2) is 9.33. The molecule has 0 radical (unpaired) electrons. The molecule has 6 aromatic carbocycles. The molecule has 0 aliphatic carbocycles. The standard InChI is InChI=1S/C36H27NSi/c1-4-14-29(15-5-1)38(30-16-6-2-7-17-30,31-18-8-3-9-19-31)32-20-12-13-27(25-32)28-23-24-36-34(26-28)33-21-10-11-22-35(33)37-36/h1-26,37H. The van der Waals surface area contributed by atoms with Gasteiger partial charge in [-0.05, 0) is 50.1 Å². The Labute approximate surface area is 224 Å². The van der Waals surface area contributed by atoms with Crippen molar-refractivity contribution in [2.45, 2.75) is 0 Å². The number of benzene rings is 6. The van der Waals surface area contributed by atoms with Crippen LogP contribution in [0, 0.1) is 0 Å². The van der Waals surface area contributed by atoms with Crippen molar-refractivity contribution in [1.29, 1.82) is 0 Å². The van der Waals surface area contributed by atoms with Gasteiger partial charge in [0.15, 0.2) is 8.07 Å². The molecule has 0 unspecified atom stereocenters. The van der Waals surface area contributed by atoms with E-state index in [9.17, 15) is 0 Å². The maximum Gasteiger partial charge on any atom is 0.179 e. The van der Waals surface area contributed by atoms with Crippen molar-refractivity contribution in [3.8, 4) is 11.1 Å². The monoisotopic (exact) mass is 501 g/mol. The molecular formula is C36H27NSi. The molecule has 1 aromatic heterocycles. The molecule has 0 saturated carbocycles. The third-order valence-corrected chi connectivity index (χ3v) is 12.5. The Hall–Kier alpha value is -4.66. The summed E-state index contributed by atoms with van der Waals surface area (Å²) >= 11 is 0. The van der Waals surface area contributed by atoms with E-state index in [2.05, 4.69) is 163 Å². The first-order chi connectivity index (χ1) is 18.8. The van der Waals surface area contributed by atoms with Crippen molar-refractivity contribution < 1.29 is 0 Å². The zero-order valence-electron chi connectivity index (χ0n) is 21.0. The highest BCUT2D eigenvalue weighted by Gasteiger charge is 2.41. The first kappa shape index (κ1) is 22.5. The average molecular weight is 502 g/mol. The van der Waals surface area contributed by atoms with Crippen molar-refractivity contribution in [1.82, 2.24) is 4.98 Å². The molecule has 7 aromatic rings. The summed E-state index contributed by atoms with van der Waals surface area (Å²) in [5.41, 5.74) is 4.83. The van der Waals surface area contributed by atoms with Crippen LogP contribution in [0.1, 0.15) is 0 Å². The average Bonchev–Trinajstić information content (AvgIpc) is 3.38. The first-order valence-corrected chi connectivity index (χ1v) is 15.1. The van der Waals surface area contributed by atoms with Gasteiger partial charge in [-0.3, -0.25) is 0 Å². The van der Waals surface area contributed by atoms with Gasteiger partial charge in [-0.1, -0.05) is 140 Å². The zero-order chi connectivity index (χ0) is 25.4. The molecule has 0 amide bonds. The number of hydrogen-bond donors (Lipinski definition) is 1. The minimum absolute atomic E-state index is 1.17. The largest absolute Gasteiger partial charge is 0.355 e. The SMILES string of the molecule is c1ccc([Si](c2ccccc2)(c2ccccc2)c2cccc(-c3ccc4[nH]c5ccccc5c4c3)c2)cc1. The predicted octanol–water partition coefficient (Wildman–Crippen LogP) is 6.37. The van der Waals surface area contributed by atoms with E-state index in [0.29, 0.717) is 0 Å². The van der Waals surface area contributed by atoms with Gasteiger partial charge >= 0.3 is 0 Å². The summed E-state index contributed by atoms with van der Waals surface area (Å²) in [6.45, 7) is 0. The maximum atomic E-state index is 3.56. The Morgan fingerprint density at radius 2 is 0.842 bits per heavy atom. The molecule has 38 heavy (non-hydrogen) atoms. The van der Waals surface area contributed by atoms with E-state index >= 15 is 0 Å². The van der Waals surface area contributed by atoms with Crippen molar-refractivity contribution >= 4 is 50.6 Å². The van der Waals surface area contributed by atoms with Gasteiger partial charge in [-0.2, -0.15) is 0 Å². The number of aromatic amines is 1. The number of aromatic nitrogens is 1. The third kappa shape index (κ3) is 3.61. The fourth-order valence-electron chi connectivity index (χ4n) is 6.02. The fourth-order valence-corrected chi connectivity index (χ4v) is 10.8. The van der Waals surface area contributed by atoms with Gasteiger partial charge in [0, 0.05) is 21.8 Å². The Kier molecular flexibility index (Phi) is 5.53. The first-order valence-electron chi connectivity index (χ1n) is 13.1. The van der Waals surface area contributed by atoms with Gasteiger partial charge < -0.3 is 4.98 Å². The van der Waals surface area contributed by atoms with Crippen LogP contribution in [0.2, 0.25) is 0 Å². The number of H-pyrrole nitrogens is 1. The van der Waals surface area contributed by atoms with E-state index in [4.69, 9.17) is 0 Å². The Morgan fingerprint density at radius 3 is 1.47 bits per heavy atom. The molecular weight excluding hydrogens is 474 g/mol. The van der Waals surface area contributed by atoms with Gasteiger partial charge in [0.1, 0.15) is 0 Å². The molecule has 0 bridgehead atoms. The third-order valence-electron chi connectivity index (χ3n) is 7.76. The van der Waals surface area contributed by atoms with Crippen LogP contribution in [0.15, 0.2) is 158 Å². The summed E-state index contributed by atoms with van der Waals surface area (Å²) < 4.78 is 0. The van der Waals surface area contributed by atoms with Crippen molar-refractivity contribution in [2.24, 2.45) is 0 Å². The zero-order valence-corrected chi connectivity index (χ0v) is 22.0. The van der Waals surface area contributed by atoms with E-state index in [-0.39, 0.29) is 0 Å². The van der Waals surface area contributed by atoms with Crippen molar-refractivity contribution in [3.05, 3.63) is 158 Å². The summed E-state index contributed by atoms with van der Waals surface area (Å²) in [6.07, 6.45) is 0. The van der Waals surface area contributed by atoms with Gasteiger partial charge in [-0.15, -0.1) is 0 Å². The normalized spacial score (nSPS) is 11.7. The highest BCUT2D eigenvalue weighted by atomic mass is 28.3. The molecule has 7 rings (SSSR count). The Balaban J connectivity index is 1.49. The van der Waals surface area contributed by atoms with Gasteiger partial charge in [0.25, 0.3) is 0 Å². The summed E-state index contributed by atoms with van der Waals surface area (Å²) in [6, 6.07) is 57.9. The summed E-state index contributed by atoms with van der Waals surface area (Å²) in [7, 11) is -2.55. The highest BCUT2D eigenvalue weighted by molar-refractivity contribution is 7.19. The fraction of sp³-hybridized carbons (Fsp3) is 0. The number of para-hydroxylation sites is 1. The van der Waals surface area contributed by atoms with Crippen LogP contribution in [-0.2, 0) is 0 Å². The molecule has 0 atom stereocenters. The van der Waals surface area contributed by atoms with E-state index < -0.39 is 8.07 Å². The van der Waals surface area contributed by atoms with Gasteiger partial charge in [-0.25, -0.2) is 0 Å². The van der Waals surface area contributed by atoms with Crippen LogP contribution < -0.4 is 20.7 Å². The number of rotatable bonds is 5. The molecule has 0 aliphatic rings. The van der Waals surface area contributed by atoms with Crippen LogP contribution in [0.4, 0.5) is 0 Å². The predicted molar refractivity (Wildman–Crippen MR) is 165 cm³/mol. The van der Waals surface area contributed by atoms with E-state index in [1.807, 2.05) is 0 Å². The lowest BCUT2D eigenvalue weighted by atomic mass is 10.0. The van der Waals surface area contributed by atoms with E-state index in [1.54, 1.807) is 0 Å². The quantitative estimate of drug-likeness (QED) is 0.209. The molecule has 0 spiro atoms. The van der Waals surface area contributed by atoms with Crippen LogP contribution in [0.5, 0.6) is 0 Å². The lowest BCUT2D eigenvalue weighted by Gasteiger charge is -2.34. The molecule has 0 fully saturated rings. The molecule has 0 aliphatic heterocycles. The Bertz CT molecular complexity index is 1760. The van der Waals surface area contributed by atoms with Gasteiger partial charge in [0.05, 0.1) is 0 Å². The molecule has 1 nitrogen and oxygen atoms in total. The van der Waals surface area contributed by atoms with Crippen LogP contribution in [-0.4, -0.2) is 13.1 Å². The topological polar surface area (TPSA) is 15.8 Å². The van der Waals surface area contributed by atoms with Crippen molar-refractivity contribution in [3.63, 3.8) is 0 Å². The summed E-state index contributed by atoms with van der Waals surface area (Å²) in [5, 5.41) is 8.09. The molecule has 1 N–H and O–H groups in total. The number of hydrogen-bond acceptors (Lipinski definition) is 0. The van der Waals surface area contributed by atoms with Crippen LogP contribution in [0.3, 0.4) is 0 Å². The molecule has 2 heteroatoms. The molecule has 0 saturated heterocycles. The van der Waals surface area contributed by atoms with E-state index in [0.717, 1.165) is 0 Å². The summed E-state index contributed by atoms with van der Waals surface area (Å²) in [5.74, 6) is 0. The van der Waals surface area contributed by atoms with Crippen LogP contribution >= 0.6 is 0 Å². The maximum absolute atomic E-state index is 3.56.